The fourth-order valence-corrected chi connectivity index (χ4v) is 1.40. The lowest BCUT2D eigenvalue weighted by Crippen LogP contribution is -2.12. The molecule has 0 amide bonds. The summed E-state index contributed by atoms with van der Waals surface area (Å²) < 4.78 is 4.99. The first kappa shape index (κ1) is 10.0. The third kappa shape index (κ3) is 9.05. The smallest absolute Gasteiger partial charge is 0.343 e. The van der Waals surface area contributed by atoms with E-state index in [0.717, 1.165) is 0 Å². The second-order valence-corrected chi connectivity index (χ2v) is 10.8. The Morgan fingerprint density at radius 3 is 2.22 bits per heavy atom. The second kappa shape index (κ2) is 4.80. The zero-order valence-electron chi connectivity index (χ0n) is 5.16. The van der Waals surface area contributed by atoms with E-state index in [0.29, 0.717) is 19.3 Å². The quantitative estimate of drug-likeness (QED) is 0.391. The standard InChI is InChI=1S/C4H9Cl3OSi/c1-2-8-3-4-9(5,6)7/h2-4H2,1H3. The van der Waals surface area contributed by atoms with Crippen molar-refractivity contribution in [2.24, 2.45) is 0 Å². The molecule has 0 aliphatic rings. The van der Waals surface area contributed by atoms with E-state index >= 15 is 0 Å². The second-order valence-electron chi connectivity index (χ2n) is 1.56. The molecule has 0 radical (unpaired) electrons. The van der Waals surface area contributed by atoms with Crippen LogP contribution in [0.4, 0.5) is 0 Å². The van der Waals surface area contributed by atoms with Gasteiger partial charge in [0.1, 0.15) is 0 Å². The van der Waals surface area contributed by atoms with Gasteiger partial charge in [0.15, 0.2) is 0 Å². The largest absolute Gasteiger partial charge is 0.382 e. The highest BCUT2D eigenvalue weighted by atomic mass is 35.8. The lowest BCUT2D eigenvalue weighted by molar-refractivity contribution is 0.162. The fourth-order valence-electron chi connectivity index (χ4n) is 0.332. The van der Waals surface area contributed by atoms with Gasteiger partial charge in [0.05, 0.1) is 0 Å². The van der Waals surface area contributed by atoms with Gasteiger partial charge in [-0.3, -0.25) is 0 Å². The topological polar surface area (TPSA) is 9.23 Å². The summed E-state index contributed by atoms with van der Waals surface area (Å²) >= 11 is 16.7. The SMILES string of the molecule is CCOCC[Si](Cl)(Cl)Cl. The first-order valence-electron chi connectivity index (χ1n) is 2.70. The first-order valence-corrected chi connectivity index (χ1v) is 7.95. The maximum absolute atomic E-state index is 5.56. The molecule has 0 N–H and O–H groups in total. The van der Waals surface area contributed by atoms with Gasteiger partial charge in [0.25, 0.3) is 0 Å². The summed E-state index contributed by atoms with van der Waals surface area (Å²) in [6.07, 6.45) is 0. The van der Waals surface area contributed by atoms with E-state index < -0.39 is 6.00 Å². The third-order valence-electron chi connectivity index (χ3n) is 0.734. The van der Waals surface area contributed by atoms with Crippen LogP contribution in [0.25, 0.3) is 0 Å². The average molecular weight is 208 g/mol. The van der Waals surface area contributed by atoms with Gasteiger partial charge in [-0.15, -0.1) is 33.2 Å². The minimum absolute atomic E-state index is 0.569. The van der Waals surface area contributed by atoms with Gasteiger partial charge in [0.2, 0.25) is 0 Å². The van der Waals surface area contributed by atoms with Crippen LogP contribution in [0.5, 0.6) is 0 Å². The van der Waals surface area contributed by atoms with Crippen LogP contribution >= 0.6 is 33.2 Å². The van der Waals surface area contributed by atoms with Crippen LogP contribution in [0.2, 0.25) is 6.04 Å². The summed E-state index contributed by atoms with van der Waals surface area (Å²) in [4.78, 5) is 0. The lowest BCUT2D eigenvalue weighted by atomic mass is 10.8. The third-order valence-corrected chi connectivity index (χ3v) is 3.21. The molecule has 0 aromatic rings. The van der Waals surface area contributed by atoms with Gasteiger partial charge in [-0.05, 0) is 6.92 Å². The Labute approximate surface area is 70.4 Å². The van der Waals surface area contributed by atoms with Gasteiger partial charge in [-0.2, -0.15) is 0 Å². The summed E-state index contributed by atoms with van der Waals surface area (Å²) in [5, 5.41) is 0. The number of hydrogen-bond donors (Lipinski definition) is 0. The van der Waals surface area contributed by atoms with Gasteiger partial charge in [0, 0.05) is 19.3 Å². The number of halogens is 3. The van der Waals surface area contributed by atoms with E-state index in [1.54, 1.807) is 0 Å². The van der Waals surface area contributed by atoms with Crippen molar-refractivity contribution in [3.63, 3.8) is 0 Å². The highest BCUT2D eigenvalue weighted by molar-refractivity contribution is 7.64. The Morgan fingerprint density at radius 1 is 1.33 bits per heavy atom. The fraction of sp³-hybridized carbons (Fsp3) is 1.00. The zero-order chi connectivity index (χ0) is 7.33. The predicted octanol–water partition coefficient (Wildman–Crippen LogP) is 2.68. The van der Waals surface area contributed by atoms with Crippen molar-refractivity contribution in [1.29, 1.82) is 0 Å². The van der Waals surface area contributed by atoms with E-state index in [1.807, 2.05) is 6.92 Å². The molecule has 0 aliphatic heterocycles. The van der Waals surface area contributed by atoms with Gasteiger partial charge < -0.3 is 4.74 Å². The molecule has 0 fully saturated rings. The zero-order valence-corrected chi connectivity index (χ0v) is 8.43. The van der Waals surface area contributed by atoms with Crippen molar-refractivity contribution in [2.45, 2.75) is 13.0 Å². The van der Waals surface area contributed by atoms with Gasteiger partial charge in [-0.25, -0.2) is 0 Å². The molecule has 0 spiro atoms. The highest BCUT2D eigenvalue weighted by Gasteiger charge is 2.23. The summed E-state index contributed by atoms with van der Waals surface area (Å²) in [7, 11) is 0. The van der Waals surface area contributed by atoms with E-state index in [1.165, 1.54) is 0 Å². The molecule has 9 heavy (non-hydrogen) atoms. The van der Waals surface area contributed by atoms with Crippen LogP contribution < -0.4 is 0 Å². The number of rotatable bonds is 4. The monoisotopic (exact) mass is 206 g/mol. The highest BCUT2D eigenvalue weighted by Crippen LogP contribution is 2.24. The molecule has 1 nitrogen and oxygen atoms in total. The van der Waals surface area contributed by atoms with E-state index in [-0.39, 0.29) is 0 Å². The Hall–Kier alpha value is 1.05. The lowest BCUT2D eigenvalue weighted by Gasteiger charge is -2.05. The Morgan fingerprint density at radius 2 is 1.89 bits per heavy atom. The van der Waals surface area contributed by atoms with Crippen LogP contribution in [-0.4, -0.2) is 19.2 Å². The molecular weight excluding hydrogens is 198 g/mol. The molecule has 56 valence electrons. The molecule has 0 aromatic carbocycles. The Balaban J connectivity index is 3.07. The van der Waals surface area contributed by atoms with Crippen LogP contribution in [0, 0.1) is 0 Å². The van der Waals surface area contributed by atoms with Crippen molar-refractivity contribution in [3.05, 3.63) is 0 Å². The molecule has 5 heteroatoms. The number of ether oxygens (including phenoxy) is 1. The molecule has 0 rings (SSSR count). The van der Waals surface area contributed by atoms with Gasteiger partial charge >= 0.3 is 6.00 Å². The number of hydrogen-bond acceptors (Lipinski definition) is 1. The van der Waals surface area contributed by atoms with Crippen LogP contribution in [0.3, 0.4) is 0 Å². The van der Waals surface area contributed by atoms with Crippen molar-refractivity contribution >= 4 is 39.2 Å². The van der Waals surface area contributed by atoms with Crippen LogP contribution in [0.1, 0.15) is 6.92 Å². The summed E-state index contributed by atoms with van der Waals surface area (Å²) in [5.41, 5.74) is 0. The molecule has 0 unspecified atom stereocenters. The summed E-state index contributed by atoms with van der Waals surface area (Å²) in [6, 6.07) is -1.81. The van der Waals surface area contributed by atoms with E-state index in [2.05, 4.69) is 0 Å². The normalized spacial score (nSPS) is 12.0. The molecule has 0 atom stereocenters. The molecule has 0 heterocycles. The predicted molar refractivity (Wildman–Crippen MR) is 44.6 cm³/mol. The van der Waals surface area contributed by atoms with E-state index in [4.69, 9.17) is 38.0 Å². The minimum Gasteiger partial charge on any atom is -0.382 e. The van der Waals surface area contributed by atoms with Crippen LogP contribution in [-0.2, 0) is 4.74 Å². The molecule has 0 aliphatic carbocycles. The molecule has 0 saturated heterocycles. The molecular formula is C4H9Cl3OSi. The molecule has 0 saturated carbocycles. The molecule has 0 bridgehead atoms. The van der Waals surface area contributed by atoms with E-state index in [9.17, 15) is 0 Å². The van der Waals surface area contributed by atoms with Gasteiger partial charge in [-0.1, -0.05) is 0 Å². The van der Waals surface area contributed by atoms with Crippen molar-refractivity contribution in [2.75, 3.05) is 13.2 Å². The first-order chi connectivity index (χ1) is 4.06. The van der Waals surface area contributed by atoms with Crippen molar-refractivity contribution < 1.29 is 4.74 Å². The van der Waals surface area contributed by atoms with Crippen LogP contribution in [0.15, 0.2) is 0 Å². The maximum Gasteiger partial charge on any atom is 0.343 e. The maximum atomic E-state index is 5.56. The summed E-state index contributed by atoms with van der Waals surface area (Å²) in [5.74, 6) is 0. The Kier molecular flexibility index (Phi) is 5.36. The van der Waals surface area contributed by atoms with Crippen molar-refractivity contribution in [3.8, 4) is 0 Å². The Bertz CT molecular complexity index is 72.7. The average Bonchev–Trinajstić information content (AvgIpc) is 1.63. The molecule has 0 aromatic heterocycles. The van der Waals surface area contributed by atoms with Crippen molar-refractivity contribution in [1.82, 2.24) is 0 Å². The minimum atomic E-state index is -2.40. The summed E-state index contributed by atoms with van der Waals surface area (Å²) in [6.45, 7) is 3.17.